The summed E-state index contributed by atoms with van der Waals surface area (Å²) in [7, 11) is 0. The number of carbonyl (C=O) groups excluding carboxylic acids is 4. The number of hydrogen-bond acceptors (Lipinski definition) is 5. The highest BCUT2D eigenvalue weighted by atomic mass is 32.2. The van der Waals surface area contributed by atoms with E-state index in [-0.39, 0.29) is 24.4 Å². The molecule has 0 aromatic carbocycles. The summed E-state index contributed by atoms with van der Waals surface area (Å²) in [4.78, 5) is 42.9. The van der Waals surface area contributed by atoms with E-state index in [1.54, 1.807) is 0 Å². The second kappa shape index (κ2) is 7.34. The van der Waals surface area contributed by atoms with Gasteiger partial charge in [0.15, 0.2) is 0 Å². The number of rotatable bonds is 8. The average molecular weight is 230 g/mol. The standard InChI is InChI=1S/C10H14O4S/c1-7(13)9(3-5-11)15-10(4-6-12)8(2)14/h5-6,9-10H,3-4H2,1-2H3. The van der Waals surface area contributed by atoms with Crippen LogP contribution < -0.4 is 0 Å². The lowest BCUT2D eigenvalue weighted by Gasteiger charge is -2.15. The van der Waals surface area contributed by atoms with E-state index in [1.807, 2.05) is 0 Å². The number of aldehydes is 2. The molecule has 0 aliphatic heterocycles. The Hall–Kier alpha value is -0.970. The normalized spacial score (nSPS) is 14.0. The van der Waals surface area contributed by atoms with Crippen molar-refractivity contribution in [1.29, 1.82) is 0 Å². The molecule has 0 aliphatic carbocycles. The van der Waals surface area contributed by atoms with Gasteiger partial charge in [0.05, 0.1) is 10.5 Å². The minimum absolute atomic E-state index is 0.0859. The number of ketones is 2. The number of Topliss-reactive ketones (excluding diaryl/α,β-unsaturated/α-hetero) is 2. The van der Waals surface area contributed by atoms with Gasteiger partial charge in [-0.05, 0) is 13.8 Å². The third-order valence-corrected chi connectivity index (χ3v) is 3.56. The maximum Gasteiger partial charge on any atom is 0.143 e. The van der Waals surface area contributed by atoms with Crippen molar-refractivity contribution in [2.75, 3.05) is 0 Å². The molecule has 84 valence electrons. The molecule has 0 heterocycles. The van der Waals surface area contributed by atoms with Gasteiger partial charge in [0.25, 0.3) is 0 Å². The topological polar surface area (TPSA) is 68.3 Å². The van der Waals surface area contributed by atoms with E-state index in [1.165, 1.54) is 13.8 Å². The maximum atomic E-state index is 11.1. The molecule has 0 aromatic rings. The van der Waals surface area contributed by atoms with Gasteiger partial charge in [0, 0.05) is 12.8 Å². The van der Waals surface area contributed by atoms with Crippen molar-refractivity contribution in [3.05, 3.63) is 0 Å². The Balaban J connectivity index is 4.44. The van der Waals surface area contributed by atoms with Crippen LogP contribution in [0.4, 0.5) is 0 Å². The second-order valence-corrected chi connectivity index (χ2v) is 4.55. The first-order chi connectivity index (χ1) is 7.02. The highest BCUT2D eigenvalue weighted by Crippen LogP contribution is 2.23. The summed E-state index contributed by atoms with van der Waals surface area (Å²) in [5.41, 5.74) is 0. The molecule has 4 nitrogen and oxygen atoms in total. The summed E-state index contributed by atoms with van der Waals surface area (Å²) in [6.07, 6.45) is 1.47. The van der Waals surface area contributed by atoms with E-state index >= 15 is 0 Å². The number of thioether (sulfide) groups is 1. The first-order valence-corrected chi connectivity index (χ1v) is 5.50. The Labute approximate surface area is 92.8 Å². The van der Waals surface area contributed by atoms with Gasteiger partial charge in [-0.1, -0.05) is 0 Å². The molecule has 0 bridgehead atoms. The van der Waals surface area contributed by atoms with Gasteiger partial charge < -0.3 is 9.59 Å². The van der Waals surface area contributed by atoms with Crippen molar-refractivity contribution < 1.29 is 19.2 Å². The molecule has 5 heteroatoms. The summed E-state index contributed by atoms with van der Waals surface area (Å²) < 4.78 is 0. The molecule has 0 aromatic heterocycles. The fourth-order valence-corrected chi connectivity index (χ4v) is 2.17. The van der Waals surface area contributed by atoms with E-state index in [2.05, 4.69) is 0 Å². The highest BCUT2D eigenvalue weighted by Gasteiger charge is 2.23. The van der Waals surface area contributed by atoms with Crippen LogP contribution in [0.2, 0.25) is 0 Å². The molecule has 0 saturated carbocycles. The number of hydrogen-bond donors (Lipinski definition) is 0. The fraction of sp³-hybridized carbons (Fsp3) is 0.600. The second-order valence-electron chi connectivity index (χ2n) is 3.14. The predicted octanol–water partition coefficient (Wildman–Crippen LogP) is 0.813. The average Bonchev–Trinajstić information content (AvgIpc) is 2.15. The van der Waals surface area contributed by atoms with Crippen molar-refractivity contribution in [3.8, 4) is 0 Å². The summed E-state index contributed by atoms with van der Waals surface area (Å²) in [6, 6.07) is 0. The SMILES string of the molecule is CC(=O)C(CC=O)SC(CC=O)C(C)=O. The Kier molecular flexibility index (Phi) is 6.86. The zero-order valence-corrected chi connectivity index (χ0v) is 9.58. The van der Waals surface area contributed by atoms with Crippen LogP contribution >= 0.6 is 11.8 Å². The molecule has 0 spiro atoms. The first-order valence-electron chi connectivity index (χ1n) is 4.56. The lowest BCUT2D eigenvalue weighted by molar-refractivity contribution is -0.118. The van der Waals surface area contributed by atoms with Crippen LogP contribution in [-0.4, -0.2) is 34.6 Å². The third kappa shape index (κ3) is 5.47. The van der Waals surface area contributed by atoms with Crippen LogP contribution in [0.25, 0.3) is 0 Å². The van der Waals surface area contributed by atoms with E-state index in [0.29, 0.717) is 12.6 Å². The molecule has 0 aliphatic rings. The maximum absolute atomic E-state index is 11.1. The molecule has 0 radical (unpaired) electrons. The monoisotopic (exact) mass is 230 g/mol. The van der Waals surface area contributed by atoms with Gasteiger partial charge in [0.2, 0.25) is 0 Å². The third-order valence-electron chi connectivity index (χ3n) is 1.86. The Bertz CT molecular complexity index is 236. The molecular formula is C10H14O4S. The minimum Gasteiger partial charge on any atom is -0.303 e. The van der Waals surface area contributed by atoms with E-state index < -0.39 is 10.5 Å². The summed E-state index contributed by atoms with van der Waals surface area (Å²) in [5, 5.41) is -1.03. The Morgan fingerprint density at radius 3 is 1.53 bits per heavy atom. The van der Waals surface area contributed by atoms with Crippen LogP contribution in [0.5, 0.6) is 0 Å². The van der Waals surface area contributed by atoms with Crippen molar-refractivity contribution in [3.63, 3.8) is 0 Å². The van der Waals surface area contributed by atoms with Gasteiger partial charge >= 0.3 is 0 Å². The zero-order valence-electron chi connectivity index (χ0n) is 8.76. The number of carbonyl (C=O) groups is 4. The Morgan fingerprint density at radius 1 is 1.00 bits per heavy atom. The van der Waals surface area contributed by atoms with Crippen LogP contribution in [0.1, 0.15) is 26.7 Å². The predicted molar refractivity (Wildman–Crippen MR) is 57.9 cm³/mol. The van der Waals surface area contributed by atoms with Gasteiger partial charge in [-0.2, -0.15) is 0 Å². The Morgan fingerprint density at radius 2 is 1.33 bits per heavy atom. The van der Waals surface area contributed by atoms with Crippen LogP contribution in [0, 0.1) is 0 Å². The zero-order chi connectivity index (χ0) is 11.8. The van der Waals surface area contributed by atoms with E-state index in [4.69, 9.17) is 0 Å². The lowest BCUT2D eigenvalue weighted by Crippen LogP contribution is -2.23. The smallest absolute Gasteiger partial charge is 0.143 e. The van der Waals surface area contributed by atoms with E-state index in [9.17, 15) is 19.2 Å². The summed E-state index contributed by atoms with van der Waals surface area (Å²) in [6.45, 7) is 2.75. The molecule has 0 fully saturated rings. The summed E-state index contributed by atoms with van der Waals surface area (Å²) in [5.74, 6) is -0.298. The molecule has 2 atom stereocenters. The van der Waals surface area contributed by atoms with Gasteiger partial charge in [0.1, 0.15) is 24.1 Å². The molecule has 0 saturated heterocycles. The lowest BCUT2D eigenvalue weighted by atomic mass is 10.2. The van der Waals surface area contributed by atoms with Crippen LogP contribution in [-0.2, 0) is 19.2 Å². The van der Waals surface area contributed by atoms with Gasteiger partial charge in [-0.3, -0.25) is 9.59 Å². The minimum atomic E-state index is -0.517. The highest BCUT2D eigenvalue weighted by molar-refractivity contribution is 8.01. The van der Waals surface area contributed by atoms with Crippen molar-refractivity contribution >= 4 is 35.9 Å². The molecule has 0 rings (SSSR count). The fourth-order valence-electron chi connectivity index (χ4n) is 1.01. The van der Waals surface area contributed by atoms with Crippen molar-refractivity contribution in [1.82, 2.24) is 0 Å². The first kappa shape index (κ1) is 14.0. The molecular weight excluding hydrogens is 216 g/mol. The van der Waals surface area contributed by atoms with Gasteiger partial charge in [-0.15, -0.1) is 11.8 Å². The van der Waals surface area contributed by atoms with E-state index in [0.717, 1.165) is 11.8 Å². The van der Waals surface area contributed by atoms with Crippen LogP contribution in [0.15, 0.2) is 0 Å². The molecule has 15 heavy (non-hydrogen) atoms. The summed E-state index contributed by atoms with van der Waals surface area (Å²) >= 11 is 1.09. The largest absolute Gasteiger partial charge is 0.303 e. The molecule has 2 unspecified atom stereocenters. The van der Waals surface area contributed by atoms with Crippen molar-refractivity contribution in [2.45, 2.75) is 37.2 Å². The van der Waals surface area contributed by atoms with Crippen molar-refractivity contribution in [2.24, 2.45) is 0 Å². The van der Waals surface area contributed by atoms with Crippen LogP contribution in [0.3, 0.4) is 0 Å². The molecule has 0 N–H and O–H groups in total. The molecule has 0 amide bonds. The van der Waals surface area contributed by atoms with Gasteiger partial charge in [-0.25, -0.2) is 0 Å². The quantitative estimate of drug-likeness (QED) is 0.577.